The van der Waals surface area contributed by atoms with Crippen molar-refractivity contribution >= 4 is 11.3 Å². The summed E-state index contributed by atoms with van der Waals surface area (Å²) in [5.41, 5.74) is 2.09. The van der Waals surface area contributed by atoms with Crippen molar-refractivity contribution in [2.45, 2.75) is 58.4 Å². The van der Waals surface area contributed by atoms with Gasteiger partial charge < -0.3 is 5.32 Å². The van der Waals surface area contributed by atoms with Gasteiger partial charge >= 0.3 is 0 Å². The minimum absolute atomic E-state index is 0.575. The summed E-state index contributed by atoms with van der Waals surface area (Å²) < 4.78 is 0. The molecular weight excluding hydrogens is 262 g/mol. The highest BCUT2D eigenvalue weighted by molar-refractivity contribution is 7.12. The van der Waals surface area contributed by atoms with Crippen LogP contribution in [-0.4, -0.2) is 7.05 Å². The lowest BCUT2D eigenvalue weighted by molar-refractivity contribution is -0.0730. The fourth-order valence-electron chi connectivity index (χ4n) is 6.19. The lowest BCUT2D eigenvalue weighted by Crippen LogP contribution is -2.51. The van der Waals surface area contributed by atoms with Gasteiger partial charge in [-0.1, -0.05) is 0 Å². The fourth-order valence-corrected chi connectivity index (χ4v) is 7.48. The Kier molecular flexibility index (Phi) is 3.05. The summed E-state index contributed by atoms with van der Waals surface area (Å²) >= 11 is 2.03. The van der Waals surface area contributed by atoms with Gasteiger partial charge in [0.1, 0.15) is 0 Å². The highest BCUT2D eigenvalue weighted by atomic mass is 32.1. The molecule has 20 heavy (non-hydrogen) atoms. The number of hydrogen-bond donors (Lipinski definition) is 1. The SMILES string of the molecule is CNC(c1sc(C)cc1C)C12CC3CC(CC(C3)C1)C2. The molecule has 0 aliphatic heterocycles. The molecule has 0 aromatic carbocycles. The molecule has 1 heterocycles. The Bertz CT molecular complexity index is 480. The molecule has 1 aromatic heterocycles. The molecule has 5 rings (SSSR count). The van der Waals surface area contributed by atoms with E-state index in [1.54, 1.807) is 4.88 Å². The van der Waals surface area contributed by atoms with Crippen LogP contribution in [0.2, 0.25) is 0 Å². The van der Waals surface area contributed by atoms with E-state index in [1.807, 2.05) is 11.3 Å². The summed E-state index contributed by atoms with van der Waals surface area (Å²) in [5.74, 6) is 3.12. The number of rotatable bonds is 3. The normalized spacial score (nSPS) is 40.2. The lowest BCUT2D eigenvalue weighted by Gasteiger charge is -2.59. The Hall–Kier alpha value is -0.340. The van der Waals surface area contributed by atoms with E-state index in [0.717, 1.165) is 17.8 Å². The minimum Gasteiger partial charge on any atom is -0.312 e. The van der Waals surface area contributed by atoms with Crippen molar-refractivity contribution in [3.05, 3.63) is 21.4 Å². The first-order valence-corrected chi connectivity index (χ1v) is 9.15. The summed E-state index contributed by atoms with van der Waals surface area (Å²) in [6.07, 6.45) is 9.08. The molecule has 2 heteroatoms. The van der Waals surface area contributed by atoms with Crippen LogP contribution in [0.25, 0.3) is 0 Å². The van der Waals surface area contributed by atoms with Gasteiger partial charge in [-0.2, -0.15) is 0 Å². The quantitative estimate of drug-likeness (QED) is 0.839. The highest BCUT2D eigenvalue weighted by Gasteiger charge is 2.54. The summed E-state index contributed by atoms with van der Waals surface area (Å²) in [7, 11) is 2.19. The van der Waals surface area contributed by atoms with Crippen molar-refractivity contribution in [3.63, 3.8) is 0 Å². The third kappa shape index (κ3) is 1.91. The second kappa shape index (κ2) is 4.58. The molecule has 4 aliphatic rings. The van der Waals surface area contributed by atoms with Crippen molar-refractivity contribution in [2.75, 3.05) is 7.05 Å². The highest BCUT2D eigenvalue weighted by Crippen LogP contribution is 2.64. The average Bonchev–Trinajstić information content (AvgIpc) is 2.67. The topological polar surface area (TPSA) is 12.0 Å². The van der Waals surface area contributed by atoms with Gasteiger partial charge in [-0.25, -0.2) is 0 Å². The molecule has 0 spiro atoms. The van der Waals surface area contributed by atoms with Crippen molar-refractivity contribution in [2.24, 2.45) is 23.2 Å². The molecule has 1 atom stereocenters. The predicted molar refractivity (Wildman–Crippen MR) is 86.2 cm³/mol. The molecule has 4 bridgehead atoms. The average molecular weight is 289 g/mol. The van der Waals surface area contributed by atoms with Crippen molar-refractivity contribution in [1.29, 1.82) is 0 Å². The molecule has 0 amide bonds. The molecule has 1 aromatic rings. The van der Waals surface area contributed by atoms with Gasteiger partial charge in [0.05, 0.1) is 0 Å². The van der Waals surface area contributed by atoms with Crippen LogP contribution in [0.3, 0.4) is 0 Å². The first-order chi connectivity index (χ1) is 9.59. The first-order valence-electron chi connectivity index (χ1n) is 8.34. The maximum absolute atomic E-state index is 3.74. The van der Waals surface area contributed by atoms with E-state index in [0.29, 0.717) is 11.5 Å². The summed E-state index contributed by atoms with van der Waals surface area (Å²) in [4.78, 5) is 3.11. The molecular formula is C18H27NS. The van der Waals surface area contributed by atoms with Gasteiger partial charge in [-0.3, -0.25) is 0 Å². The fraction of sp³-hybridized carbons (Fsp3) is 0.778. The van der Waals surface area contributed by atoms with Crippen LogP contribution in [0.5, 0.6) is 0 Å². The molecule has 4 saturated carbocycles. The summed E-state index contributed by atoms with van der Waals surface area (Å²) in [6, 6.07) is 2.99. The zero-order valence-electron chi connectivity index (χ0n) is 13.0. The molecule has 4 fully saturated rings. The minimum atomic E-state index is 0.575. The van der Waals surface area contributed by atoms with E-state index in [4.69, 9.17) is 0 Å². The Balaban J connectivity index is 1.72. The van der Waals surface area contributed by atoms with Crippen molar-refractivity contribution in [1.82, 2.24) is 5.32 Å². The number of hydrogen-bond acceptors (Lipinski definition) is 2. The van der Waals surface area contributed by atoms with Crippen LogP contribution >= 0.6 is 11.3 Å². The maximum atomic E-state index is 3.74. The van der Waals surface area contributed by atoms with Crippen LogP contribution in [0.15, 0.2) is 6.07 Å². The number of thiophene rings is 1. The largest absolute Gasteiger partial charge is 0.312 e. The van der Waals surface area contributed by atoms with E-state index in [-0.39, 0.29) is 0 Å². The lowest BCUT2D eigenvalue weighted by atomic mass is 9.47. The standard InChI is InChI=1S/C18H27NS/c1-11-4-12(2)20-16(11)17(19-3)18-8-13-5-14(9-18)7-15(6-13)10-18/h4,13-15,17,19H,5-10H2,1-3H3. The third-order valence-corrected chi connectivity index (χ3v) is 7.55. The van der Waals surface area contributed by atoms with Crippen LogP contribution in [0.4, 0.5) is 0 Å². The maximum Gasteiger partial charge on any atom is 0.0472 e. The second-order valence-electron chi connectivity index (χ2n) is 7.91. The van der Waals surface area contributed by atoms with E-state index in [9.17, 15) is 0 Å². The Morgan fingerprint density at radius 3 is 2.05 bits per heavy atom. The molecule has 1 nitrogen and oxygen atoms in total. The molecule has 110 valence electrons. The van der Waals surface area contributed by atoms with Gasteiger partial charge in [0.2, 0.25) is 0 Å². The monoisotopic (exact) mass is 289 g/mol. The number of aryl methyl sites for hydroxylation is 2. The summed E-state index contributed by atoms with van der Waals surface area (Å²) in [5, 5.41) is 3.74. The summed E-state index contributed by atoms with van der Waals surface area (Å²) in [6.45, 7) is 4.57. The van der Waals surface area contributed by atoms with Crippen molar-refractivity contribution in [3.8, 4) is 0 Å². The van der Waals surface area contributed by atoms with Gasteiger partial charge in [0.25, 0.3) is 0 Å². The van der Waals surface area contributed by atoms with Crippen LogP contribution in [-0.2, 0) is 0 Å². The molecule has 4 aliphatic carbocycles. The molecule has 0 radical (unpaired) electrons. The van der Waals surface area contributed by atoms with E-state index >= 15 is 0 Å². The number of nitrogens with one attached hydrogen (secondary N) is 1. The van der Waals surface area contributed by atoms with Crippen LogP contribution in [0, 0.1) is 37.0 Å². The second-order valence-corrected chi connectivity index (χ2v) is 9.19. The van der Waals surface area contributed by atoms with E-state index in [1.165, 1.54) is 49.0 Å². The van der Waals surface area contributed by atoms with Gasteiger partial charge in [0, 0.05) is 15.8 Å². The van der Waals surface area contributed by atoms with E-state index in [2.05, 4.69) is 32.3 Å². The Morgan fingerprint density at radius 1 is 1.10 bits per heavy atom. The zero-order chi connectivity index (χ0) is 13.9. The van der Waals surface area contributed by atoms with E-state index < -0.39 is 0 Å². The van der Waals surface area contributed by atoms with Gasteiger partial charge in [-0.05, 0) is 94.2 Å². The Labute approximate surface area is 127 Å². The third-order valence-electron chi connectivity index (χ3n) is 6.33. The van der Waals surface area contributed by atoms with Gasteiger partial charge in [0.15, 0.2) is 0 Å². The molecule has 1 unspecified atom stereocenters. The Morgan fingerprint density at radius 2 is 1.65 bits per heavy atom. The molecule has 0 saturated heterocycles. The molecule has 1 N–H and O–H groups in total. The predicted octanol–water partition coefficient (Wildman–Crippen LogP) is 4.84. The van der Waals surface area contributed by atoms with Crippen LogP contribution in [0.1, 0.15) is 59.9 Å². The zero-order valence-corrected chi connectivity index (χ0v) is 13.9. The first kappa shape index (κ1) is 13.3. The van der Waals surface area contributed by atoms with Crippen molar-refractivity contribution < 1.29 is 0 Å². The van der Waals surface area contributed by atoms with Gasteiger partial charge in [-0.15, -0.1) is 11.3 Å². The van der Waals surface area contributed by atoms with Crippen LogP contribution < -0.4 is 5.32 Å². The smallest absolute Gasteiger partial charge is 0.0472 e.